The third-order valence-corrected chi connectivity index (χ3v) is 7.53. The van der Waals surface area contributed by atoms with Crippen LogP contribution in [0.4, 0.5) is 0 Å². The molecule has 0 spiro atoms. The Balaban J connectivity index is 2.17. The number of hydrogen-bond donors (Lipinski definition) is 0. The number of halogens is 2. The van der Waals surface area contributed by atoms with E-state index in [1.165, 1.54) is 0 Å². The van der Waals surface area contributed by atoms with Gasteiger partial charge in [-0.05, 0) is 73.6 Å². The van der Waals surface area contributed by atoms with E-state index in [4.69, 9.17) is 23.2 Å². The van der Waals surface area contributed by atoms with E-state index in [9.17, 15) is 4.79 Å². The molecule has 2 aromatic carbocycles. The minimum Gasteiger partial charge on any atom is -0.332 e. The Hall–Kier alpha value is -1.42. The summed E-state index contributed by atoms with van der Waals surface area (Å²) in [6.45, 7) is 8.20. The second-order valence-corrected chi connectivity index (χ2v) is 10.6. The maximum atomic E-state index is 14.0. The number of benzene rings is 2. The van der Waals surface area contributed by atoms with Crippen molar-refractivity contribution in [3.63, 3.8) is 0 Å². The predicted octanol–water partition coefficient (Wildman–Crippen LogP) is 7.77. The lowest BCUT2D eigenvalue weighted by atomic mass is 9.67. The van der Waals surface area contributed by atoms with E-state index in [-0.39, 0.29) is 23.9 Å². The highest BCUT2D eigenvalue weighted by atomic mass is 35.5. The quantitative estimate of drug-likeness (QED) is 0.363. The van der Waals surface area contributed by atoms with Crippen LogP contribution < -0.4 is 0 Å². The normalized spacial score (nSPS) is 24.8. The number of allylic oxidation sites excluding steroid dienone is 1. The molecule has 166 valence electrons. The molecular formula is C26H31Cl2NOS. The van der Waals surface area contributed by atoms with Crippen LogP contribution >= 0.6 is 35.0 Å². The molecule has 1 amide bonds. The molecule has 2 aromatic rings. The van der Waals surface area contributed by atoms with Crippen molar-refractivity contribution in [2.75, 3.05) is 12.0 Å². The molecule has 1 saturated heterocycles. The minimum absolute atomic E-state index is 0.0713. The molecule has 4 atom stereocenters. The maximum Gasteiger partial charge on any atom is 0.229 e. The predicted molar refractivity (Wildman–Crippen MR) is 135 cm³/mol. The van der Waals surface area contributed by atoms with Gasteiger partial charge >= 0.3 is 0 Å². The lowest BCUT2D eigenvalue weighted by molar-refractivity contribution is -0.154. The molecule has 3 rings (SSSR count). The van der Waals surface area contributed by atoms with E-state index in [2.05, 4.69) is 49.8 Å². The zero-order chi connectivity index (χ0) is 22.6. The molecule has 1 heterocycles. The van der Waals surface area contributed by atoms with Crippen LogP contribution in [0.1, 0.15) is 56.2 Å². The molecule has 31 heavy (non-hydrogen) atoms. The van der Waals surface area contributed by atoms with Gasteiger partial charge in [-0.2, -0.15) is 11.8 Å². The molecule has 2 nitrogen and oxygen atoms in total. The SMILES string of the molecule is C=CC[C@@]1(C)C[C@H](c2cccc(Cl)c2)[C@@H](c2ccc(Cl)cc2)N([C@@H](C)CCSC)C1=O. The molecular weight excluding hydrogens is 445 g/mol. The summed E-state index contributed by atoms with van der Waals surface area (Å²) < 4.78 is 0. The molecule has 0 saturated carbocycles. The Labute approximate surface area is 201 Å². The lowest BCUT2D eigenvalue weighted by Gasteiger charge is -2.51. The first kappa shape index (κ1) is 24.2. The van der Waals surface area contributed by atoms with Gasteiger partial charge in [0, 0.05) is 22.0 Å². The van der Waals surface area contributed by atoms with Gasteiger partial charge in [-0.3, -0.25) is 4.79 Å². The standard InChI is InChI=1S/C26H31Cl2NOS/c1-5-14-26(3)17-23(20-7-6-8-22(28)16-20)24(19-9-11-21(27)12-10-19)29(25(26)30)18(2)13-15-31-4/h5-12,16,18,23-24H,1,13-15,17H2,2-4H3/t18-,23+,24+,26-/m0/s1. The summed E-state index contributed by atoms with van der Waals surface area (Å²) in [6.07, 6.45) is 6.33. The van der Waals surface area contributed by atoms with Crippen LogP contribution in [0.2, 0.25) is 10.0 Å². The topological polar surface area (TPSA) is 20.3 Å². The third kappa shape index (κ3) is 5.32. The first-order valence-electron chi connectivity index (χ1n) is 10.7. The van der Waals surface area contributed by atoms with Crippen LogP contribution in [-0.2, 0) is 4.79 Å². The summed E-state index contributed by atoms with van der Waals surface area (Å²) >= 11 is 14.4. The number of hydrogen-bond acceptors (Lipinski definition) is 2. The number of nitrogens with zero attached hydrogens (tertiary/aromatic N) is 1. The van der Waals surface area contributed by atoms with Crippen LogP contribution in [0.5, 0.6) is 0 Å². The molecule has 0 bridgehead atoms. The average Bonchev–Trinajstić information content (AvgIpc) is 2.74. The van der Waals surface area contributed by atoms with Gasteiger partial charge in [-0.15, -0.1) is 6.58 Å². The molecule has 1 fully saturated rings. The third-order valence-electron chi connectivity index (χ3n) is 6.40. The fraction of sp³-hybridized carbons (Fsp3) is 0.423. The molecule has 0 radical (unpaired) electrons. The number of piperidine rings is 1. The van der Waals surface area contributed by atoms with Crippen LogP contribution in [0.25, 0.3) is 0 Å². The Bertz CT molecular complexity index is 916. The smallest absolute Gasteiger partial charge is 0.229 e. The van der Waals surface area contributed by atoms with Crippen LogP contribution in [-0.4, -0.2) is 28.9 Å². The van der Waals surface area contributed by atoms with E-state index in [1.54, 1.807) is 0 Å². The summed E-state index contributed by atoms with van der Waals surface area (Å²) in [7, 11) is 0. The molecule has 5 heteroatoms. The minimum atomic E-state index is -0.495. The summed E-state index contributed by atoms with van der Waals surface area (Å²) in [5.41, 5.74) is 1.78. The second kappa shape index (κ2) is 10.5. The highest BCUT2D eigenvalue weighted by Gasteiger charge is 2.50. The monoisotopic (exact) mass is 475 g/mol. The fourth-order valence-electron chi connectivity index (χ4n) is 4.80. The average molecular weight is 477 g/mol. The fourth-order valence-corrected chi connectivity index (χ4v) is 5.70. The van der Waals surface area contributed by atoms with Crippen molar-refractivity contribution < 1.29 is 4.79 Å². The number of amides is 1. The van der Waals surface area contributed by atoms with Gasteiger partial charge < -0.3 is 4.90 Å². The summed E-state index contributed by atoms with van der Waals surface area (Å²) in [5.74, 6) is 1.34. The van der Waals surface area contributed by atoms with Gasteiger partial charge in [0.1, 0.15) is 0 Å². The number of thioether (sulfide) groups is 1. The number of likely N-dealkylation sites (tertiary alicyclic amines) is 1. The van der Waals surface area contributed by atoms with Crippen molar-refractivity contribution in [3.05, 3.63) is 82.4 Å². The van der Waals surface area contributed by atoms with Crippen molar-refractivity contribution in [1.82, 2.24) is 4.90 Å². The maximum absolute atomic E-state index is 14.0. The first-order valence-corrected chi connectivity index (χ1v) is 12.9. The van der Waals surface area contributed by atoms with Crippen LogP contribution in [0.15, 0.2) is 61.2 Å². The van der Waals surface area contributed by atoms with Crippen molar-refractivity contribution in [2.45, 2.75) is 51.1 Å². The molecule has 0 aromatic heterocycles. The first-order chi connectivity index (χ1) is 14.8. The molecule has 0 unspecified atom stereocenters. The van der Waals surface area contributed by atoms with Gasteiger partial charge in [-0.1, -0.05) is 60.5 Å². The highest BCUT2D eigenvalue weighted by Crippen LogP contribution is 2.52. The van der Waals surface area contributed by atoms with Crippen molar-refractivity contribution in [1.29, 1.82) is 0 Å². The van der Waals surface area contributed by atoms with Gasteiger partial charge in [0.15, 0.2) is 0 Å². The highest BCUT2D eigenvalue weighted by molar-refractivity contribution is 7.98. The van der Waals surface area contributed by atoms with Gasteiger partial charge in [0.05, 0.1) is 11.5 Å². The zero-order valence-electron chi connectivity index (χ0n) is 18.5. The molecule has 1 aliphatic rings. The van der Waals surface area contributed by atoms with E-state index >= 15 is 0 Å². The van der Waals surface area contributed by atoms with E-state index in [1.807, 2.05) is 48.2 Å². The van der Waals surface area contributed by atoms with Crippen molar-refractivity contribution >= 4 is 40.9 Å². The van der Waals surface area contributed by atoms with Gasteiger partial charge in [0.25, 0.3) is 0 Å². The van der Waals surface area contributed by atoms with E-state index < -0.39 is 5.41 Å². The summed E-state index contributed by atoms with van der Waals surface area (Å²) in [5, 5.41) is 1.42. The van der Waals surface area contributed by atoms with E-state index in [0.29, 0.717) is 11.4 Å². The van der Waals surface area contributed by atoms with Gasteiger partial charge in [-0.25, -0.2) is 0 Å². The van der Waals surface area contributed by atoms with Gasteiger partial charge in [0.2, 0.25) is 5.91 Å². The lowest BCUT2D eigenvalue weighted by Crippen LogP contribution is -2.55. The number of carbonyl (C=O) groups is 1. The van der Waals surface area contributed by atoms with Crippen molar-refractivity contribution in [2.24, 2.45) is 5.41 Å². The Morgan fingerprint density at radius 2 is 1.90 bits per heavy atom. The Kier molecular flexibility index (Phi) is 8.18. The second-order valence-electron chi connectivity index (χ2n) is 8.76. The van der Waals surface area contributed by atoms with E-state index in [0.717, 1.165) is 34.7 Å². The summed E-state index contributed by atoms with van der Waals surface area (Å²) in [4.78, 5) is 16.1. The Morgan fingerprint density at radius 1 is 1.19 bits per heavy atom. The number of rotatable bonds is 8. The van der Waals surface area contributed by atoms with Crippen LogP contribution in [0.3, 0.4) is 0 Å². The van der Waals surface area contributed by atoms with Crippen molar-refractivity contribution in [3.8, 4) is 0 Å². The Morgan fingerprint density at radius 3 is 2.52 bits per heavy atom. The molecule has 1 aliphatic heterocycles. The summed E-state index contributed by atoms with van der Waals surface area (Å²) in [6, 6.07) is 16.1. The zero-order valence-corrected chi connectivity index (χ0v) is 20.8. The van der Waals surface area contributed by atoms with Crippen LogP contribution in [0, 0.1) is 5.41 Å². The molecule has 0 aliphatic carbocycles. The largest absolute Gasteiger partial charge is 0.332 e. The number of carbonyl (C=O) groups excluding carboxylic acids is 1. The molecule has 0 N–H and O–H groups in total.